The van der Waals surface area contributed by atoms with Crippen LogP contribution in [0.2, 0.25) is 0 Å². The molecule has 26 rings (SSSR count). The second kappa shape index (κ2) is 42.8. The third-order valence-electron chi connectivity index (χ3n) is 25.4. The maximum absolute atomic E-state index is 2.43. The fourth-order valence-corrected chi connectivity index (χ4v) is 30.4. The van der Waals surface area contributed by atoms with Crippen molar-refractivity contribution in [1.82, 2.24) is 0 Å². The highest BCUT2D eigenvalue weighted by atomic mass is 32.2. The molecule has 0 N–H and O–H groups in total. The Morgan fingerprint density at radius 2 is 0.396 bits per heavy atom. The van der Waals surface area contributed by atoms with E-state index in [1.54, 1.807) is 0 Å². The van der Waals surface area contributed by atoms with Gasteiger partial charge in [0.2, 0.25) is 0 Å². The van der Waals surface area contributed by atoms with Gasteiger partial charge in [-0.25, -0.2) is 0 Å². The predicted molar refractivity (Wildman–Crippen MR) is 605 cm³/mol. The van der Waals surface area contributed by atoms with Gasteiger partial charge >= 0.3 is 0 Å². The molecule has 20 aromatic carbocycles. The molecular formula is C129H98S10. The highest BCUT2D eigenvalue weighted by molar-refractivity contribution is 8.06. The van der Waals surface area contributed by atoms with Crippen molar-refractivity contribution in [3.8, 4) is 89.0 Å². The summed E-state index contributed by atoms with van der Waals surface area (Å²) in [6.07, 6.45) is 0. The van der Waals surface area contributed by atoms with Gasteiger partial charge in [-0.2, -0.15) is 0 Å². The molecule has 0 bridgehead atoms. The van der Waals surface area contributed by atoms with E-state index in [-0.39, 0.29) is 5.41 Å². The first kappa shape index (κ1) is 93.1. The zero-order chi connectivity index (χ0) is 94.1. The molecule has 5 aliphatic rings. The SMILES string of the molecule is CC(C)c1ccc2c(c1)C(C)(C)c1cc(C(C)C)ccc1S2.c1ccc(-c2ccc3sc4ccc(-c5ccccc5)cc4c3c2)cc1.c1ccc(-c2cccc3c2Sc2c(-c4ccccc4)ccc(-c4ccccc4)c2S3)cc1.c1ccc(-c2cccc3c2Sc2c(cccc2-c2ccccc2)S3)cc1.c1ccc(-c2cccc3c2Sc2ccccc2S3)cc1.c1ccc2c(c1)Sc1ccccc1S2. The zero-order valence-corrected chi connectivity index (χ0v) is 85.9. The molecule has 674 valence electrons. The third kappa shape index (κ3) is 20.6. The van der Waals surface area contributed by atoms with Crippen LogP contribution in [0.1, 0.15) is 75.6 Å². The smallest absolute Gasteiger partial charge is 0.0355 e. The average Bonchev–Trinajstić information content (AvgIpc) is 1.68. The maximum atomic E-state index is 2.43. The van der Waals surface area contributed by atoms with E-state index in [2.05, 4.69) is 515 Å². The number of fused-ring (bicyclic) bond motifs is 13. The number of hydrogen-bond acceptors (Lipinski definition) is 10. The molecule has 1 aromatic heterocycles. The molecule has 0 atom stereocenters. The van der Waals surface area contributed by atoms with Gasteiger partial charge in [0.15, 0.2) is 0 Å². The lowest BCUT2D eigenvalue weighted by Gasteiger charge is -2.35. The largest absolute Gasteiger partial charge is 0.135 e. The summed E-state index contributed by atoms with van der Waals surface area (Å²) >= 11 is 18.9. The first-order valence-electron chi connectivity index (χ1n) is 47.1. The molecule has 6 heterocycles. The quantitative estimate of drug-likeness (QED) is 0.130. The number of benzene rings is 20. The fourth-order valence-electron chi connectivity index (χ4n) is 18.0. The first-order chi connectivity index (χ1) is 68.3. The Morgan fingerprint density at radius 1 is 0.165 bits per heavy atom. The summed E-state index contributed by atoms with van der Waals surface area (Å²) in [5.74, 6) is 1.16. The normalized spacial score (nSPS) is 12.7. The summed E-state index contributed by atoms with van der Waals surface area (Å²) in [4.78, 5) is 24.5. The summed E-state index contributed by atoms with van der Waals surface area (Å²) in [6.45, 7) is 13.8. The average molecular weight is 1970 g/mol. The van der Waals surface area contributed by atoms with Crippen molar-refractivity contribution in [1.29, 1.82) is 0 Å². The molecule has 0 aliphatic carbocycles. The van der Waals surface area contributed by atoms with Crippen LogP contribution >= 0.6 is 117 Å². The second-order valence-corrected chi connectivity index (χ2v) is 46.2. The van der Waals surface area contributed by atoms with Crippen molar-refractivity contribution in [3.63, 3.8) is 0 Å². The molecule has 21 aromatic rings. The Labute approximate surface area is 860 Å². The van der Waals surface area contributed by atoms with Gasteiger partial charge in [0.25, 0.3) is 0 Å². The van der Waals surface area contributed by atoms with E-state index in [4.69, 9.17) is 0 Å². The van der Waals surface area contributed by atoms with Crippen LogP contribution in [0.25, 0.3) is 109 Å². The molecule has 0 amide bonds. The number of thiophene rings is 1. The molecule has 0 fully saturated rings. The molecule has 0 saturated carbocycles. The van der Waals surface area contributed by atoms with Gasteiger partial charge in [-0.15, -0.1) is 11.3 Å². The van der Waals surface area contributed by atoms with Crippen molar-refractivity contribution >= 4 is 137 Å². The maximum Gasteiger partial charge on any atom is 0.0355 e. The van der Waals surface area contributed by atoms with E-state index < -0.39 is 0 Å². The van der Waals surface area contributed by atoms with Crippen LogP contribution in [-0.2, 0) is 5.41 Å². The van der Waals surface area contributed by atoms with Gasteiger partial charge in [0, 0.05) is 114 Å². The lowest BCUT2D eigenvalue weighted by atomic mass is 9.76. The fraction of sp³-hybridized carbons (Fsp3) is 0.0698. The first-order valence-corrected chi connectivity index (χ1v) is 55.2. The van der Waals surface area contributed by atoms with Gasteiger partial charge in [0.1, 0.15) is 0 Å². The van der Waals surface area contributed by atoms with Crippen LogP contribution in [0.5, 0.6) is 0 Å². The molecule has 0 spiro atoms. The van der Waals surface area contributed by atoms with Gasteiger partial charge in [-0.05, 0) is 220 Å². The van der Waals surface area contributed by atoms with Crippen molar-refractivity contribution in [2.45, 2.75) is 147 Å². The highest BCUT2D eigenvalue weighted by Gasteiger charge is 2.35. The molecule has 139 heavy (non-hydrogen) atoms. The van der Waals surface area contributed by atoms with Crippen molar-refractivity contribution < 1.29 is 0 Å². The zero-order valence-electron chi connectivity index (χ0n) is 77.8. The molecule has 0 radical (unpaired) electrons. The van der Waals surface area contributed by atoms with E-state index in [9.17, 15) is 0 Å². The lowest BCUT2D eigenvalue weighted by Crippen LogP contribution is -2.24. The van der Waals surface area contributed by atoms with E-state index >= 15 is 0 Å². The Balaban J connectivity index is 0.000000101. The monoisotopic (exact) mass is 1970 g/mol. The topological polar surface area (TPSA) is 0 Å². The molecular weight excluding hydrogens is 1870 g/mol. The molecule has 0 saturated heterocycles. The van der Waals surface area contributed by atoms with Gasteiger partial charge in [-0.1, -0.05) is 524 Å². The molecule has 0 unspecified atom stereocenters. The Bertz CT molecular complexity index is 7630. The Kier molecular flexibility index (Phi) is 28.7. The highest BCUT2D eigenvalue weighted by Crippen LogP contribution is 2.60. The van der Waals surface area contributed by atoms with Crippen LogP contribution in [0.3, 0.4) is 0 Å². The molecule has 10 heteroatoms. The minimum Gasteiger partial charge on any atom is -0.135 e. The third-order valence-corrected chi connectivity index (χ3v) is 38.3. The molecule has 5 aliphatic heterocycles. The van der Waals surface area contributed by atoms with Crippen molar-refractivity contribution in [2.24, 2.45) is 0 Å². The van der Waals surface area contributed by atoms with Crippen LogP contribution in [0.15, 0.2) is 561 Å². The van der Waals surface area contributed by atoms with E-state index in [1.807, 2.05) is 117 Å². The second-order valence-electron chi connectivity index (χ2n) is 35.5. The number of rotatable bonds is 10. The summed E-state index contributed by atoms with van der Waals surface area (Å²) < 4.78 is 2.69. The summed E-state index contributed by atoms with van der Waals surface area (Å²) in [5.41, 5.74) is 26.5. The van der Waals surface area contributed by atoms with Crippen molar-refractivity contribution in [2.75, 3.05) is 0 Å². The summed E-state index contributed by atoms with van der Waals surface area (Å²) in [5, 5.41) is 2.69. The van der Waals surface area contributed by atoms with Crippen LogP contribution in [0, 0.1) is 0 Å². The summed E-state index contributed by atoms with van der Waals surface area (Å²) in [6, 6.07) is 170. The van der Waals surface area contributed by atoms with E-state index in [0.717, 1.165) is 0 Å². The van der Waals surface area contributed by atoms with Crippen molar-refractivity contribution in [3.05, 3.63) is 495 Å². The van der Waals surface area contributed by atoms with E-state index in [0.29, 0.717) is 11.8 Å². The summed E-state index contributed by atoms with van der Waals surface area (Å²) in [7, 11) is 0. The predicted octanol–water partition coefficient (Wildman–Crippen LogP) is 41.3. The molecule has 0 nitrogen and oxygen atoms in total. The van der Waals surface area contributed by atoms with Gasteiger partial charge in [0.05, 0.1) is 0 Å². The minimum absolute atomic E-state index is 0.0751. The minimum atomic E-state index is 0.0751. The Hall–Kier alpha value is -12.2. The van der Waals surface area contributed by atoms with Crippen LogP contribution in [0.4, 0.5) is 0 Å². The number of hydrogen-bond donors (Lipinski definition) is 0. The Morgan fingerprint density at radius 3 is 0.712 bits per heavy atom. The van der Waals surface area contributed by atoms with Crippen LogP contribution in [-0.4, -0.2) is 0 Å². The lowest BCUT2D eigenvalue weighted by molar-refractivity contribution is 0.602. The van der Waals surface area contributed by atoms with Gasteiger partial charge < -0.3 is 0 Å². The standard InChI is InChI=1S/C30H20S2.C24H16S2.C24H16S.C21H26S.C18H12S2.C12H8S2/c1-4-11-21(12-5-1)24-17-10-18-27-28(24)32-30-26(23-15-8-3-9-16-23)20-19-25(29(30)31-27)22-13-6-2-7-14-22;1-3-9-17(10-4-1)19-13-7-15-21-23(19)26-24-20(14-8-16-22(24)25-21)18-11-5-2-6-12-18;1-3-7-17(8-4-1)19-11-13-23-21(15-19)22-16-20(12-14-24(22)25-23)18-9-5-2-6-10-18;1-13(2)15-7-9-19-17(11-15)21(5,6)18-12-16(14(3)4)8-10-20(18)22-19;1-2-7-13(8-3-1)14-9-6-12-17-18(14)20-16-11-5-4-10-15(16)19-17;1-2-6-10-9(5-1)13-11-7-3-4-8-12(11)14-10/h1-20H;1-16H;1-16H;7-14H,1-6H3;1-12H;1-8H. The van der Waals surface area contributed by atoms with Crippen LogP contribution < -0.4 is 0 Å². The van der Waals surface area contributed by atoms with E-state index in [1.165, 1.54) is 220 Å². The van der Waals surface area contributed by atoms with Gasteiger partial charge in [-0.3, -0.25) is 0 Å².